The fourth-order valence-corrected chi connectivity index (χ4v) is 2.47. The van der Waals surface area contributed by atoms with Crippen LogP contribution >= 0.6 is 27.3 Å². The van der Waals surface area contributed by atoms with Crippen LogP contribution in [-0.4, -0.2) is 9.97 Å². The molecule has 0 radical (unpaired) electrons. The number of nitrogens with zero attached hydrogens (tertiary/aromatic N) is 2. The minimum Gasteiger partial charge on any atom is -0.361 e. The number of aromatic nitrogens is 2. The summed E-state index contributed by atoms with van der Waals surface area (Å²) in [6.45, 7) is 6.21. The van der Waals surface area contributed by atoms with E-state index in [0.29, 0.717) is 0 Å². The van der Waals surface area contributed by atoms with Gasteiger partial charge in [-0.05, 0) is 48.3 Å². The molecule has 0 aliphatic carbocycles. The van der Waals surface area contributed by atoms with Crippen LogP contribution in [0, 0.1) is 13.8 Å². The Hall–Kier alpha value is -0.940. The number of hydrogen-bond acceptors (Lipinski definition) is 4. The summed E-state index contributed by atoms with van der Waals surface area (Å²) in [5.41, 5.74) is 1.17. The first-order valence-corrected chi connectivity index (χ1v) is 6.98. The van der Waals surface area contributed by atoms with Gasteiger partial charge < -0.3 is 5.32 Å². The number of hydrogen-bond donors (Lipinski definition) is 1. The van der Waals surface area contributed by atoms with E-state index in [4.69, 9.17) is 0 Å². The fourth-order valence-electron chi connectivity index (χ4n) is 1.47. The molecule has 1 unspecified atom stereocenters. The van der Waals surface area contributed by atoms with Crippen molar-refractivity contribution in [3.8, 4) is 0 Å². The SMILES string of the molecule is Cc1cnc(C(C)Nc2cc(C)c(Br)cn2)s1. The molecule has 0 aromatic carbocycles. The highest BCUT2D eigenvalue weighted by molar-refractivity contribution is 9.10. The number of nitrogens with one attached hydrogen (secondary N) is 1. The average molecular weight is 312 g/mol. The third kappa shape index (κ3) is 3.04. The maximum atomic E-state index is 4.37. The van der Waals surface area contributed by atoms with Gasteiger partial charge in [-0.15, -0.1) is 11.3 Å². The number of halogens is 1. The third-order valence-electron chi connectivity index (χ3n) is 2.42. The minimum absolute atomic E-state index is 0.182. The standard InChI is InChI=1S/C12H14BrN3S/c1-7-4-11(14-6-10(7)13)16-9(3)12-15-5-8(2)17-12/h4-6,9H,1-3H3,(H,14,16). The summed E-state index contributed by atoms with van der Waals surface area (Å²) >= 11 is 5.16. The molecule has 1 atom stereocenters. The number of pyridine rings is 1. The summed E-state index contributed by atoms with van der Waals surface area (Å²) in [4.78, 5) is 9.93. The van der Waals surface area contributed by atoms with Crippen LogP contribution in [0.2, 0.25) is 0 Å². The van der Waals surface area contributed by atoms with E-state index in [1.54, 1.807) is 11.3 Å². The van der Waals surface area contributed by atoms with Crippen LogP contribution in [-0.2, 0) is 0 Å². The lowest BCUT2D eigenvalue weighted by Crippen LogP contribution is -2.07. The highest BCUT2D eigenvalue weighted by Gasteiger charge is 2.10. The van der Waals surface area contributed by atoms with E-state index >= 15 is 0 Å². The van der Waals surface area contributed by atoms with Crippen molar-refractivity contribution in [1.29, 1.82) is 0 Å². The van der Waals surface area contributed by atoms with E-state index in [9.17, 15) is 0 Å². The molecular weight excluding hydrogens is 298 g/mol. The van der Waals surface area contributed by atoms with Gasteiger partial charge in [-0.1, -0.05) is 0 Å². The molecule has 2 rings (SSSR count). The summed E-state index contributed by atoms with van der Waals surface area (Å²) < 4.78 is 1.03. The second-order valence-corrected chi connectivity index (χ2v) is 6.11. The van der Waals surface area contributed by atoms with E-state index < -0.39 is 0 Å². The van der Waals surface area contributed by atoms with Crippen molar-refractivity contribution >= 4 is 33.1 Å². The quantitative estimate of drug-likeness (QED) is 0.927. The van der Waals surface area contributed by atoms with Crippen molar-refractivity contribution < 1.29 is 0 Å². The van der Waals surface area contributed by atoms with Gasteiger partial charge in [0.05, 0.1) is 6.04 Å². The molecule has 2 heterocycles. The minimum atomic E-state index is 0.182. The number of anilines is 1. The van der Waals surface area contributed by atoms with Gasteiger partial charge in [-0.2, -0.15) is 0 Å². The second-order valence-electron chi connectivity index (χ2n) is 3.99. The first kappa shape index (κ1) is 12.5. The van der Waals surface area contributed by atoms with E-state index in [-0.39, 0.29) is 6.04 Å². The number of aryl methyl sites for hydroxylation is 2. The van der Waals surface area contributed by atoms with Gasteiger partial charge in [0.2, 0.25) is 0 Å². The fraction of sp³-hybridized carbons (Fsp3) is 0.333. The molecular formula is C12H14BrN3S. The molecule has 0 saturated carbocycles. The monoisotopic (exact) mass is 311 g/mol. The summed E-state index contributed by atoms with van der Waals surface area (Å²) in [5.74, 6) is 0.881. The molecule has 5 heteroatoms. The van der Waals surface area contributed by atoms with E-state index in [1.165, 1.54) is 10.4 Å². The molecule has 0 spiro atoms. The van der Waals surface area contributed by atoms with Crippen LogP contribution in [0.3, 0.4) is 0 Å². The molecule has 3 nitrogen and oxygen atoms in total. The molecule has 90 valence electrons. The first-order valence-electron chi connectivity index (χ1n) is 5.37. The predicted molar refractivity (Wildman–Crippen MR) is 75.6 cm³/mol. The van der Waals surface area contributed by atoms with Crippen molar-refractivity contribution in [2.24, 2.45) is 0 Å². The highest BCUT2D eigenvalue weighted by Crippen LogP contribution is 2.24. The van der Waals surface area contributed by atoms with Crippen LogP contribution in [0.25, 0.3) is 0 Å². The number of thiazole rings is 1. The smallest absolute Gasteiger partial charge is 0.126 e. The zero-order valence-electron chi connectivity index (χ0n) is 9.99. The van der Waals surface area contributed by atoms with Crippen LogP contribution in [0.15, 0.2) is 22.9 Å². The molecule has 17 heavy (non-hydrogen) atoms. The zero-order valence-corrected chi connectivity index (χ0v) is 12.4. The zero-order chi connectivity index (χ0) is 12.4. The Bertz CT molecular complexity index is 524. The van der Waals surface area contributed by atoms with Crippen molar-refractivity contribution in [3.05, 3.63) is 38.4 Å². The Morgan fingerprint density at radius 2 is 2.06 bits per heavy atom. The van der Waals surface area contributed by atoms with E-state index in [1.807, 2.05) is 18.5 Å². The third-order valence-corrected chi connectivity index (χ3v) is 4.35. The Balaban J connectivity index is 2.12. The largest absolute Gasteiger partial charge is 0.361 e. The van der Waals surface area contributed by atoms with Crippen molar-refractivity contribution in [2.45, 2.75) is 26.8 Å². The molecule has 1 N–H and O–H groups in total. The first-order chi connectivity index (χ1) is 8.06. The maximum Gasteiger partial charge on any atom is 0.126 e. The lowest BCUT2D eigenvalue weighted by molar-refractivity contribution is 0.860. The van der Waals surface area contributed by atoms with Gasteiger partial charge >= 0.3 is 0 Å². The lowest BCUT2D eigenvalue weighted by Gasteiger charge is -2.12. The van der Waals surface area contributed by atoms with Crippen LogP contribution in [0.5, 0.6) is 0 Å². The van der Waals surface area contributed by atoms with E-state index in [2.05, 4.69) is 52.0 Å². The Labute approximate surface area is 113 Å². The molecule has 0 aliphatic rings. The maximum absolute atomic E-state index is 4.37. The molecule has 2 aromatic heterocycles. The normalized spacial score (nSPS) is 12.5. The average Bonchev–Trinajstić information content (AvgIpc) is 2.70. The van der Waals surface area contributed by atoms with Gasteiger partial charge in [0.15, 0.2) is 0 Å². The van der Waals surface area contributed by atoms with Crippen LogP contribution < -0.4 is 5.32 Å². The van der Waals surface area contributed by atoms with Crippen molar-refractivity contribution in [3.63, 3.8) is 0 Å². The summed E-state index contributed by atoms with van der Waals surface area (Å²) in [6.07, 6.45) is 3.72. The molecule has 0 saturated heterocycles. The molecule has 2 aromatic rings. The van der Waals surface area contributed by atoms with Gasteiger partial charge in [0, 0.05) is 21.7 Å². The predicted octanol–water partition coefficient (Wildman–Crippen LogP) is 4.09. The Kier molecular flexibility index (Phi) is 3.79. The molecule has 0 amide bonds. The topological polar surface area (TPSA) is 37.8 Å². The molecule has 0 fully saturated rings. The summed E-state index contributed by atoms with van der Waals surface area (Å²) in [7, 11) is 0. The molecule has 0 bridgehead atoms. The van der Waals surface area contributed by atoms with Gasteiger partial charge in [0.25, 0.3) is 0 Å². The number of rotatable bonds is 3. The van der Waals surface area contributed by atoms with Gasteiger partial charge in [0.1, 0.15) is 10.8 Å². The summed E-state index contributed by atoms with van der Waals surface area (Å²) in [5, 5.41) is 4.44. The highest BCUT2D eigenvalue weighted by atomic mass is 79.9. The van der Waals surface area contributed by atoms with Crippen LogP contribution in [0.1, 0.15) is 28.4 Å². The van der Waals surface area contributed by atoms with Crippen molar-refractivity contribution in [1.82, 2.24) is 9.97 Å². The lowest BCUT2D eigenvalue weighted by atomic mass is 10.3. The summed E-state index contributed by atoms with van der Waals surface area (Å²) in [6, 6.07) is 2.21. The van der Waals surface area contributed by atoms with Crippen molar-refractivity contribution in [2.75, 3.05) is 5.32 Å². The van der Waals surface area contributed by atoms with Gasteiger partial charge in [-0.25, -0.2) is 9.97 Å². The molecule has 0 aliphatic heterocycles. The Morgan fingerprint density at radius 1 is 1.29 bits per heavy atom. The second kappa shape index (κ2) is 5.14. The van der Waals surface area contributed by atoms with Gasteiger partial charge in [-0.3, -0.25) is 0 Å². The van der Waals surface area contributed by atoms with E-state index in [0.717, 1.165) is 15.3 Å². The van der Waals surface area contributed by atoms with Crippen LogP contribution in [0.4, 0.5) is 5.82 Å². The Morgan fingerprint density at radius 3 is 2.65 bits per heavy atom.